The maximum Gasteiger partial charge on any atom is 0.222 e. The van der Waals surface area contributed by atoms with Gasteiger partial charge in [0, 0.05) is 31.1 Å². The highest BCUT2D eigenvalue weighted by Gasteiger charge is 2.32. The minimum Gasteiger partial charge on any atom is -0.337 e. The van der Waals surface area contributed by atoms with Gasteiger partial charge in [-0.3, -0.25) is 9.78 Å². The molecule has 1 aliphatic rings. The minimum absolute atomic E-state index is 0.00294. The van der Waals surface area contributed by atoms with Gasteiger partial charge in [0.25, 0.3) is 0 Å². The molecule has 1 aliphatic heterocycles. The summed E-state index contributed by atoms with van der Waals surface area (Å²) in [6.45, 7) is 0. The summed E-state index contributed by atoms with van der Waals surface area (Å²) < 4.78 is 0. The summed E-state index contributed by atoms with van der Waals surface area (Å²) in [5, 5.41) is 1.08. The van der Waals surface area contributed by atoms with Gasteiger partial charge in [0.1, 0.15) is 0 Å². The van der Waals surface area contributed by atoms with Crippen LogP contribution in [0.1, 0.15) is 24.4 Å². The zero-order chi connectivity index (χ0) is 13.4. The van der Waals surface area contributed by atoms with E-state index in [1.807, 2.05) is 31.3 Å². The van der Waals surface area contributed by atoms with Crippen LogP contribution in [0.15, 0.2) is 36.5 Å². The Morgan fingerprint density at radius 2 is 2.21 bits per heavy atom. The van der Waals surface area contributed by atoms with Crippen LogP contribution < -0.4 is 5.73 Å². The number of hydrogen-bond donors (Lipinski definition) is 1. The first-order chi connectivity index (χ1) is 9.16. The molecule has 2 N–H and O–H groups in total. The number of likely N-dealkylation sites (tertiary alicyclic amines) is 1. The third-order valence-electron chi connectivity index (χ3n) is 3.88. The Hall–Kier alpha value is -1.94. The molecule has 98 valence electrons. The van der Waals surface area contributed by atoms with Crippen molar-refractivity contribution in [2.24, 2.45) is 5.73 Å². The Labute approximate surface area is 112 Å². The van der Waals surface area contributed by atoms with Crippen molar-refractivity contribution in [1.29, 1.82) is 0 Å². The second kappa shape index (κ2) is 4.63. The molecule has 1 aromatic heterocycles. The molecule has 0 bridgehead atoms. The van der Waals surface area contributed by atoms with Crippen LogP contribution in [0.25, 0.3) is 10.9 Å². The summed E-state index contributed by atoms with van der Waals surface area (Å²) >= 11 is 0. The molecule has 0 spiro atoms. The molecule has 1 saturated heterocycles. The van der Waals surface area contributed by atoms with Crippen LogP contribution >= 0.6 is 0 Å². The summed E-state index contributed by atoms with van der Waals surface area (Å²) in [5.74, 6) is 0.165. The number of aromatic nitrogens is 1. The zero-order valence-electron chi connectivity index (χ0n) is 10.9. The van der Waals surface area contributed by atoms with Crippen molar-refractivity contribution in [3.8, 4) is 0 Å². The Balaban J connectivity index is 2.04. The SMILES string of the molecule is CN1C(=O)CCC(N)C1c1ccc2ncccc2c1. The molecule has 19 heavy (non-hydrogen) atoms. The number of likely N-dealkylation sites (N-methyl/N-ethyl adjacent to an activating group) is 1. The standard InChI is InChI=1S/C15H17N3O/c1-18-14(19)7-5-12(16)15(18)11-4-6-13-10(9-11)3-2-8-17-13/h2-4,6,8-9,12,15H,5,7,16H2,1H3. The number of fused-ring (bicyclic) bond motifs is 1. The zero-order valence-corrected chi connectivity index (χ0v) is 10.9. The molecule has 4 nitrogen and oxygen atoms in total. The summed E-state index contributed by atoms with van der Waals surface area (Å²) in [6.07, 6.45) is 3.08. The van der Waals surface area contributed by atoms with Crippen LogP contribution in [0.4, 0.5) is 0 Å². The highest BCUT2D eigenvalue weighted by molar-refractivity contribution is 5.80. The maximum absolute atomic E-state index is 11.8. The van der Waals surface area contributed by atoms with E-state index in [-0.39, 0.29) is 18.0 Å². The van der Waals surface area contributed by atoms with E-state index in [1.54, 1.807) is 11.1 Å². The molecule has 4 heteroatoms. The van der Waals surface area contributed by atoms with Gasteiger partial charge in [-0.05, 0) is 30.2 Å². The van der Waals surface area contributed by atoms with Gasteiger partial charge in [-0.2, -0.15) is 0 Å². The van der Waals surface area contributed by atoms with Crippen molar-refractivity contribution in [3.05, 3.63) is 42.1 Å². The number of nitrogens with two attached hydrogens (primary N) is 1. The van der Waals surface area contributed by atoms with Crippen molar-refractivity contribution in [1.82, 2.24) is 9.88 Å². The molecule has 1 amide bonds. The van der Waals surface area contributed by atoms with Crippen molar-refractivity contribution in [2.75, 3.05) is 7.05 Å². The van der Waals surface area contributed by atoms with Gasteiger partial charge in [0.15, 0.2) is 0 Å². The predicted octanol–water partition coefficient (Wildman–Crippen LogP) is 1.86. The number of hydrogen-bond acceptors (Lipinski definition) is 3. The van der Waals surface area contributed by atoms with E-state index in [4.69, 9.17) is 5.73 Å². The lowest BCUT2D eigenvalue weighted by Crippen LogP contribution is -2.46. The molecule has 0 saturated carbocycles. The van der Waals surface area contributed by atoms with Crippen LogP contribution in [0.2, 0.25) is 0 Å². The average molecular weight is 255 g/mol. The van der Waals surface area contributed by atoms with E-state index in [1.165, 1.54) is 0 Å². The van der Waals surface area contributed by atoms with Gasteiger partial charge in [-0.15, -0.1) is 0 Å². The van der Waals surface area contributed by atoms with E-state index in [0.717, 1.165) is 22.9 Å². The van der Waals surface area contributed by atoms with Crippen LogP contribution in [0.3, 0.4) is 0 Å². The summed E-state index contributed by atoms with van der Waals surface area (Å²) in [4.78, 5) is 17.9. The second-order valence-corrected chi connectivity index (χ2v) is 5.11. The normalized spacial score (nSPS) is 23.9. The molecule has 2 aromatic rings. The predicted molar refractivity (Wildman–Crippen MR) is 74.5 cm³/mol. The Kier molecular flexibility index (Phi) is 2.95. The van der Waals surface area contributed by atoms with Crippen molar-refractivity contribution < 1.29 is 4.79 Å². The Bertz CT molecular complexity index is 626. The summed E-state index contributed by atoms with van der Waals surface area (Å²) in [7, 11) is 1.83. The largest absolute Gasteiger partial charge is 0.337 e. The fourth-order valence-electron chi connectivity index (χ4n) is 2.82. The lowest BCUT2D eigenvalue weighted by atomic mass is 9.90. The number of nitrogens with zero attached hydrogens (tertiary/aromatic N) is 2. The van der Waals surface area contributed by atoms with Crippen LogP contribution in [0, 0.1) is 0 Å². The van der Waals surface area contributed by atoms with Crippen molar-refractivity contribution in [3.63, 3.8) is 0 Å². The first kappa shape index (κ1) is 12.1. The van der Waals surface area contributed by atoms with Gasteiger partial charge >= 0.3 is 0 Å². The van der Waals surface area contributed by atoms with Gasteiger partial charge in [0.2, 0.25) is 5.91 Å². The fraction of sp³-hybridized carbons (Fsp3) is 0.333. The molecule has 2 unspecified atom stereocenters. The first-order valence-electron chi connectivity index (χ1n) is 6.53. The molecular weight excluding hydrogens is 238 g/mol. The molecule has 2 atom stereocenters. The van der Waals surface area contributed by atoms with E-state index in [0.29, 0.717) is 6.42 Å². The van der Waals surface area contributed by atoms with Gasteiger partial charge in [-0.25, -0.2) is 0 Å². The molecule has 0 aliphatic carbocycles. The Morgan fingerprint density at radius 3 is 3.05 bits per heavy atom. The fourth-order valence-corrected chi connectivity index (χ4v) is 2.82. The number of pyridine rings is 1. The maximum atomic E-state index is 11.8. The van der Waals surface area contributed by atoms with Gasteiger partial charge in [0.05, 0.1) is 11.6 Å². The summed E-state index contributed by atoms with van der Waals surface area (Å²) in [6, 6.07) is 10.0. The van der Waals surface area contributed by atoms with Gasteiger partial charge < -0.3 is 10.6 Å². The Morgan fingerprint density at radius 1 is 1.37 bits per heavy atom. The third-order valence-corrected chi connectivity index (χ3v) is 3.88. The highest BCUT2D eigenvalue weighted by Crippen LogP contribution is 2.30. The first-order valence-corrected chi connectivity index (χ1v) is 6.53. The molecule has 1 aromatic carbocycles. The number of benzene rings is 1. The molecule has 0 radical (unpaired) electrons. The number of carbonyl (C=O) groups excluding carboxylic acids is 1. The van der Waals surface area contributed by atoms with Crippen molar-refractivity contribution >= 4 is 16.8 Å². The third kappa shape index (κ3) is 2.08. The summed E-state index contributed by atoms with van der Waals surface area (Å²) in [5.41, 5.74) is 8.25. The van der Waals surface area contributed by atoms with E-state index >= 15 is 0 Å². The van der Waals surface area contributed by atoms with Crippen LogP contribution in [-0.4, -0.2) is 28.9 Å². The molecular formula is C15H17N3O. The number of amides is 1. The van der Waals surface area contributed by atoms with Crippen LogP contribution in [-0.2, 0) is 4.79 Å². The van der Waals surface area contributed by atoms with Crippen molar-refractivity contribution in [2.45, 2.75) is 24.9 Å². The lowest BCUT2D eigenvalue weighted by molar-refractivity contribution is -0.135. The van der Waals surface area contributed by atoms with E-state index in [9.17, 15) is 4.79 Å². The number of rotatable bonds is 1. The average Bonchev–Trinajstić information content (AvgIpc) is 2.43. The molecule has 3 rings (SSSR count). The quantitative estimate of drug-likeness (QED) is 0.846. The van der Waals surface area contributed by atoms with Gasteiger partial charge in [-0.1, -0.05) is 12.1 Å². The highest BCUT2D eigenvalue weighted by atomic mass is 16.2. The van der Waals surface area contributed by atoms with E-state index in [2.05, 4.69) is 11.1 Å². The topological polar surface area (TPSA) is 59.2 Å². The lowest BCUT2D eigenvalue weighted by Gasteiger charge is -2.37. The monoisotopic (exact) mass is 255 g/mol. The molecule has 1 fully saturated rings. The minimum atomic E-state index is -0.0362. The number of piperidine rings is 1. The van der Waals surface area contributed by atoms with E-state index < -0.39 is 0 Å². The second-order valence-electron chi connectivity index (χ2n) is 5.11. The van der Waals surface area contributed by atoms with Crippen LogP contribution in [0.5, 0.6) is 0 Å². The number of carbonyl (C=O) groups is 1. The smallest absolute Gasteiger partial charge is 0.222 e. The molecule has 2 heterocycles.